The van der Waals surface area contributed by atoms with Crippen LogP contribution in [-0.2, 0) is 17.8 Å². The van der Waals surface area contributed by atoms with Crippen LogP contribution in [0.15, 0.2) is 58.4 Å². The van der Waals surface area contributed by atoms with E-state index in [9.17, 15) is 4.79 Å². The number of nitrogens with zero attached hydrogens (tertiary/aromatic N) is 2. The fourth-order valence-corrected chi connectivity index (χ4v) is 2.30. The van der Waals surface area contributed by atoms with Crippen LogP contribution < -0.4 is 16.6 Å². The fourth-order valence-electron chi connectivity index (χ4n) is 2.30. The molecule has 1 atom stereocenters. The minimum atomic E-state index is -0.00444. The van der Waals surface area contributed by atoms with Crippen molar-refractivity contribution in [2.45, 2.75) is 26.1 Å². The Labute approximate surface area is 165 Å². The Morgan fingerprint density at radius 2 is 1.92 bits per heavy atom. The molecule has 0 bridgehead atoms. The van der Waals surface area contributed by atoms with Gasteiger partial charge in [0.05, 0.1) is 19.7 Å². The lowest BCUT2D eigenvalue weighted by atomic mass is 10.1. The van der Waals surface area contributed by atoms with Gasteiger partial charge >= 0.3 is 0 Å². The van der Waals surface area contributed by atoms with E-state index in [0.29, 0.717) is 25.7 Å². The van der Waals surface area contributed by atoms with Crippen molar-refractivity contribution in [2.75, 3.05) is 13.7 Å². The van der Waals surface area contributed by atoms with Crippen LogP contribution in [0.5, 0.6) is 0 Å². The summed E-state index contributed by atoms with van der Waals surface area (Å²) in [6.45, 7) is 3.61. The predicted octanol–water partition coefficient (Wildman–Crippen LogP) is 1.95. The van der Waals surface area contributed by atoms with E-state index in [1.165, 1.54) is 0 Å². The second kappa shape index (κ2) is 10.9. The van der Waals surface area contributed by atoms with E-state index >= 15 is 0 Å². The van der Waals surface area contributed by atoms with Crippen LogP contribution in [0.4, 0.5) is 0 Å². The standard InChI is InChI=1S/C18H24N4O2.HI/c1-14(13-24-2)21-18(19)20-11-15-6-8-16(9-7-15)12-22-10-4-3-5-17(22)23;/h3-10,14H,11-13H2,1-2H3,(H3,19,20,21);1H. The van der Waals surface area contributed by atoms with Gasteiger partial charge in [-0.25, -0.2) is 4.99 Å². The van der Waals surface area contributed by atoms with Crippen LogP contribution >= 0.6 is 24.0 Å². The number of pyridine rings is 1. The van der Waals surface area contributed by atoms with Crippen molar-refractivity contribution in [1.29, 1.82) is 0 Å². The number of hydrogen-bond donors (Lipinski definition) is 2. The molecule has 0 aliphatic carbocycles. The highest BCUT2D eigenvalue weighted by Crippen LogP contribution is 2.07. The SMILES string of the molecule is COCC(C)NC(N)=NCc1ccc(Cn2ccccc2=O)cc1.I. The van der Waals surface area contributed by atoms with Crippen molar-refractivity contribution in [2.24, 2.45) is 10.7 Å². The highest BCUT2D eigenvalue weighted by atomic mass is 127. The first-order valence-corrected chi connectivity index (χ1v) is 7.87. The lowest BCUT2D eigenvalue weighted by molar-refractivity contribution is 0.179. The number of hydrogen-bond acceptors (Lipinski definition) is 3. The number of halogens is 1. The molecule has 25 heavy (non-hydrogen) atoms. The molecule has 0 fully saturated rings. The third-order valence-corrected chi connectivity index (χ3v) is 3.52. The Kier molecular flexibility index (Phi) is 9.22. The lowest BCUT2D eigenvalue weighted by Gasteiger charge is -2.13. The van der Waals surface area contributed by atoms with Crippen molar-refractivity contribution in [3.63, 3.8) is 0 Å². The maximum atomic E-state index is 11.7. The largest absolute Gasteiger partial charge is 0.383 e. The summed E-state index contributed by atoms with van der Waals surface area (Å²) in [6, 6.07) is 13.3. The van der Waals surface area contributed by atoms with Gasteiger partial charge in [0.15, 0.2) is 5.96 Å². The molecule has 0 aliphatic rings. The maximum Gasteiger partial charge on any atom is 0.250 e. The molecule has 3 N–H and O–H groups in total. The van der Waals surface area contributed by atoms with Gasteiger partial charge in [-0.1, -0.05) is 30.3 Å². The Hall–Kier alpha value is -1.87. The minimum Gasteiger partial charge on any atom is -0.383 e. The van der Waals surface area contributed by atoms with E-state index < -0.39 is 0 Å². The first-order valence-electron chi connectivity index (χ1n) is 7.87. The highest BCUT2D eigenvalue weighted by Gasteiger charge is 2.02. The van der Waals surface area contributed by atoms with E-state index in [1.807, 2.05) is 37.3 Å². The topological polar surface area (TPSA) is 81.6 Å². The first-order chi connectivity index (χ1) is 11.6. The summed E-state index contributed by atoms with van der Waals surface area (Å²) in [5.74, 6) is 0.402. The van der Waals surface area contributed by atoms with Crippen LogP contribution in [-0.4, -0.2) is 30.3 Å². The average Bonchev–Trinajstić information content (AvgIpc) is 2.56. The lowest BCUT2D eigenvalue weighted by Crippen LogP contribution is -2.40. The molecule has 0 saturated carbocycles. The number of nitrogens with one attached hydrogen (secondary N) is 1. The number of aliphatic imine (C=N–C) groups is 1. The Bertz CT molecular complexity index is 728. The fraction of sp³-hybridized carbons (Fsp3) is 0.333. The smallest absolute Gasteiger partial charge is 0.250 e. The quantitative estimate of drug-likeness (QED) is 0.379. The number of methoxy groups -OCH3 is 1. The van der Waals surface area contributed by atoms with Crippen molar-refractivity contribution >= 4 is 29.9 Å². The van der Waals surface area contributed by atoms with Gasteiger partial charge in [-0.05, 0) is 24.1 Å². The Morgan fingerprint density at radius 1 is 1.24 bits per heavy atom. The molecule has 0 radical (unpaired) electrons. The molecule has 6 nitrogen and oxygen atoms in total. The molecule has 7 heteroatoms. The third kappa shape index (κ3) is 7.27. The van der Waals surface area contributed by atoms with Gasteiger partial charge in [0.25, 0.3) is 5.56 Å². The summed E-state index contributed by atoms with van der Waals surface area (Å²) in [7, 11) is 1.65. The number of aromatic nitrogens is 1. The summed E-state index contributed by atoms with van der Waals surface area (Å²) in [6.07, 6.45) is 1.79. The molecule has 0 saturated heterocycles. The highest BCUT2D eigenvalue weighted by molar-refractivity contribution is 14.0. The summed E-state index contributed by atoms with van der Waals surface area (Å²) >= 11 is 0. The van der Waals surface area contributed by atoms with Crippen molar-refractivity contribution in [3.8, 4) is 0 Å². The van der Waals surface area contributed by atoms with Gasteiger partial charge in [0.1, 0.15) is 0 Å². The molecule has 2 rings (SSSR count). The van der Waals surface area contributed by atoms with Crippen LogP contribution in [0.2, 0.25) is 0 Å². The van der Waals surface area contributed by atoms with Gasteiger partial charge in [-0.3, -0.25) is 4.79 Å². The van der Waals surface area contributed by atoms with Gasteiger partial charge in [0, 0.05) is 25.4 Å². The maximum absolute atomic E-state index is 11.7. The molecule has 1 heterocycles. The normalized spacial score (nSPS) is 12.3. The molecular formula is C18H25IN4O2. The zero-order valence-corrected chi connectivity index (χ0v) is 16.8. The number of benzene rings is 1. The zero-order valence-electron chi connectivity index (χ0n) is 14.5. The first kappa shape index (κ1) is 21.2. The second-order valence-corrected chi connectivity index (χ2v) is 5.69. The molecular weight excluding hydrogens is 431 g/mol. The zero-order chi connectivity index (χ0) is 17.4. The molecule has 1 aromatic carbocycles. The average molecular weight is 456 g/mol. The van der Waals surface area contributed by atoms with Crippen molar-refractivity contribution < 1.29 is 4.74 Å². The molecule has 0 amide bonds. The second-order valence-electron chi connectivity index (χ2n) is 5.69. The number of ether oxygens (including phenoxy) is 1. The molecule has 136 valence electrons. The number of nitrogens with two attached hydrogens (primary N) is 1. The number of rotatable bonds is 7. The molecule has 0 aliphatic heterocycles. The van der Waals surface area contributed by atoms with Gasteiger partial charge in [-0.15, -0.1) is 24.0 Å². The summed E-state index contributed by atoms with van der Waals surface area (Å²) in [4.78, 5) is 16.0. The summed E-state index contributed by atoms with van der Waals surface area (Å²) in [5, 5.41) is 3.07. The van der Waals surface area contributed by atoms with Gasteiger partial charge in [-0.2, -0.15) is 0 Å². The Balaban J connectivity index is 0.00000312. The summed E-state index contributed by atoms with van der Waals surface area (Å²) < 4.78 is 6.71. The van der Waals surface area contributed by atoms with E-state index in [1.54, 1.807) is 30.0 Å². The van der Waals surface area contributed by atoms with E-state index in [-0.39, 0.29) is 35.6 Å². The van der Waals surface area contributed by atoms with E-state index in [0.717, 1.165) is 11.1 Å². The van der Waals surface area contributed by atoms with Crippen molar-refractivity contribution in [3.05, 3.63) is 70.1 Å². The monoisotopic (exact) mass is 456 g/mol. The molecule has 2 aromatic rings. The van der Waals surface area contributed by atoms with Crippen molar-refractivity contribution in [1.82, 2.24) is 9.88 Å². The third-order valence-electron chi connectivity index (χ3n) is 3.52. The summed E-state index contributed by atoms with van der Waals surface area (Å²) in [5.41, 5.74) is 7.97. The van der Waals surface area contributed by atoms with Gasteiger partial charge in [0.2, 0.25) is 0 Å². The minimum absolute atomic E-state index is 0. The van der Waals surface area contributed by atoms with Gasteiger partial charge < -0.3 is 20.4 Å². The van der Waals surface area contributed by atoms with Crippen LogP contribution in [0.1, 0.15) is 18.1 Å². The molecule has 0 spiro atoms. The number of guanidine groups is 1. The Morgan fingerprint density at radius 3 is 2.56 bits per heavy atom. The molecule has 1 aromatic heterocycles. The van der Waals surface area contributed by atoms with Crippen LogP contribution in [0.3, 0.4) is 0 Å². The predicted molar refractivity (Wildman–Crippen MR) is 111 cm³/mol. The van der Waals surface area contributed by atoms with Crippen LogP contribution in [0.25, 0.3) is 0 Å². The van der Waals surface area contributed by atoms with E-state index in [2.05, 4.69) is 10.3 Å². The molecule has 1 unspecified atom stereocenters. The van der Waals surface area contributed by atoms with E-state index in [4.69, 9.17) is 10.5 Å². The van der Waals surface area contributed by atoms with Crippen LogP contribution in [0, 0.1) is 0 Å².